The van der Waals surface area contributed by atoms with Crippen LogP contribution in [0.3, 0.4) is 0 Å². The lowest BCUT2D eigenvalue weighted by Crippen LogP contribution is -2.68. The zero-order chi connectivity index (χ0) is 50.5. The molecule has 3 saturated heterocycles. The Hall–Kier alpha value is -6.03. The average Bonchev–Trinajstić information content (AvgIpc) is 3.44. The molecule has 0 saturated carbocycles. The number of ether oxygens (including phenoxy) is 16. The first-order chi connectivity index (χ1) is 31.2. The smallest absolute Gasteiger partial charge is 0.303 e. The second-order valence-electron chi connectivity index (χ2n) is 14.9. The van der Waals surface area contributed by atoms with Gasteiger partial charge in [0.1, 0.15) is 44.7 Å². The molecule has 0 spiro atoms. The third kappa shape index (κ3) is 16.4. The van der Waals surface area contributed by atoms with Gasteiger partial charge in [0, 0.05) is 76.2 Å². The molecule has 0 bridgehead atoms. The Morgan fingerprint density at radius 1 is 0.358 bits per heavy atom. The van der Waals surface area contributed by atoms with E-state index in [1.54, 1.807) is 0 Å². The van der Waals surface area contributed by atoms with Crippen LogP contribution in [0.15, 0.2) is 0 Å². The van der Waals surface area contributed by atoms with E-state index in [4.69, 9.17) is 75.8 Å². The molecule has 376 valence electrons. The van der Waals surface area contributed by atoms with Crippen LogP contribution in [0.1, 0.15) is 76.2 Å². The van der Waals surface area contributed by atoms with Gasteiger partial charge in [-0.15, -0.1) is 0 Å². The Bertz CT molecular complexity index is 1860. The first-order valence-electron chi connectivity index (χ1n) is 20.3. The monoisotopic (exact) mass is 966 g/mol. The molecule has 0 aromatic carbocycles. The SMILES string of the molecule is CC(=O)OC[C@H]1O[C@@H](O[C@H]2[C@@H](O[C@]3(COC(C)=O)O[C@H](COC(C)=O)[C@@H](OC(C)=O)[C@@H]3OC(C)=O)O[C@H](COC(C)=O)[C@@H](OC(C)=O)[C@@H]2OC(C)=O)[C@H](OC(C)=O)[C@@H](OC(C)=O)[C@H]1OC(C)=O. The van der Waals surface area contributed by atoms with Crippen molar-refractivity contribution in [3.63, 3.8) is 0 Å². The summed E-state index contributed by atoms with van der Waals surface area (Å²) in [5.41, 5.74) is 0. The topological polar surface area (TPSA) is 335 Å². The fourth-order valence-corrected chi connectivity index (χ4v) is 7.04. The van der Waals surface area contributed by atoms with E-state index in [0.717, 1.165) is 76.2 Å². The first kappa shape index (κ1) is 55.3. The number of carbonyl (C=O) groups is 11. The largest absolute Gasteiger partial charge is 0.463 e. The maximum Gasteiger partial charge on any atom is 0.303 e. The van der Waals surface area contributed by atoms with E-state index in [9.17, 15) is 52.7 Å². The van der Waals surface area contributed by atoms with Gasteiger partial charge in [-0.25, -0.2) is 0 Å². The molecule has 0 aromatic rings. The van der Waals surface area contributed by atoms with Crippen molar-refractivity contribution < 1.29 is 129 Å². The summed E-state index contributed by atoms with van der Waals surface area (Å²) in [6, 6.07) is 0. The summed E-state index contributed by atoms with van der Waals surface area (Å²) >= 11 is 0. The summed E-state index contributed by atoms with van der Waals surface area (Å²) in [6.45, 7) is 7.37. The van der Waals surface area contributed by atoms with Gasteiger partial charge in [0.25, 0.3) is 0 Å². The molecule has 0 amide bonds. The quantitative estimate of drug-likeness (QED) is 0.107. The van der Waals surface area contributed by atoms with Crippen LogP contribution in [-0.2, 0) is 129 Å². The molecule has 3 aliphatic rings. The minimum Gasteiger partial charge on any atom is -0.463 e. The van der Waals surface area contributed by atoms with Gasteiger partial charge in [0.05, 0.1) is 0 Å². The van der Waals surface area contributed by atoms with E-state index in [-0.39, 0.29) is 0 Å². The van der Waals surface area contributed by atoms with E-state index in [0.29, 0.717) is 0 Å². The Morgan fingerprint density at radius 3 is 1.10 bits per heavy atom. The predicted molar refractivity (Wildman–Crippen MR) is 206 cm³/mol. The van der Waals surface area contributed by atoms with Crippen LogP contribution in [0.2, 0.25) is 0 Å². The van der Waals surface area contributed by atoms with Crippen LogP contribution < -0.4 is 0 Å². The van der Waals surface area contributed by atoms with E-state index in [2.05, 4.69) is 0 Å². The fourth-order valence-electron chi connectivity index (χ4n) is 7.04. The zero-order valence-electron chi connectivity index (χ0n) is 38.4. The number of carbonyl (C=O) groups excluding carboxylic acids is 11. The number of esters is 11. The Kier molecular flexibility index (Phi) is 20.3. The minimum atomic E-state index is -2.73. The molecule has 27 nitrogen and oxygen atoms in total. The lowest BCUT2D eigenvalue weighted by atomic mass is 9.96. The summed E-state index contributed by atoms with van der Waals surface area (Å²) < 4.78 is 91.1. The third-order valence-corrected chi connectivity index (χ3v) is 9.17. The highest BCUT2D eigenvalue weighted by Crippen LogP contribution is 2.42. The Balaban J connectivity index is 2.44. The summed E-state index contributed by atoms with van der Waals surface area (Å²) in [5.74, 6) is -13.6. The minimum absolute atomic E-state index is 0.716. The third-order valence-electron chi connectivity index (χ3n) is 9.17. The first-order valence-corrected chi connectivity index (χ1v) is 20.3. The molecule has 0 N–H and O–H groups in total. The molecule has 3 fully saturated rings. The second kappa shape index (κ2) is 24.7. The van der Waals surface area contributed by atoms with Crippen molar-refractivity contribution in [3.05, 3.63) is 0 Å². The second-order valence-corrected chi connectivity index (χ2v) is 14.9. The molecule has 67 heavy (non-hydrogen) atoms. The van der Waals surface area contributed by atoms with Crippen molar-refractivity contribution in [1.29, 1.82) is 0 Å². The molecular formula is C40H54O27. The number of rotatable bonds is 19. The van der Waals surface area contributed by atoms with Gasteiger partial charge < -0.3 is 75.8 Å². The summed E-state index contributed by atoms with van der Waals surface area (Å²) in [5, 5.41) is 0. The van der Waals surface area contributed by atoms with Gasteiger partial charge in [-0.05, 0) is 0 Å². The zero-order valence-corrected chi connectivity index (χ0v) is 38.4. The van der Waals surface area contributed by atoms with Gasteiger partial charge >= 0.3 is 65.7 Å². The highest BCUT2D eigenvalue weighted by Gasteiger charge is 2.65. The Morgan fingerprint density at radius 2 is 0.701 bits per heavy atom. The van der Waals surface area contributed by atoms with Gasteiger partial charge in [-0.3, -0.25) is 52.7 Å². The normalized spacial score (nSPS) is 31.1. The molecule has 0 unspecified atom stereocenters. The van der Waals surface area contributed by atoms with Crippen molar-refractivity contribution in [1.82, 2.24) is 0 Å². The number of hydrogen-bond acceptors (Lipinski definition) is 27. The molecule has 3 heterocycles. The lowest BCUT2D eigenvalue weighted by molar-refractivity contribution is -0.408. The maximum atomic E-state index is 13.0. The molecule has 0 aromatic heterocycles. The van der Waals surface area contributed by atoms with Crippen LogP contribution in [0.5, 0.6) is 0 Å². The van der Waals surface area contributed by atoms with Crippen molar-refractivity contribution >= 4 is 65.7 Å². The van der Waals surface area contributed by atoms with Crippen molar-refractivity contribution in [2.45, 2.75) is 162 Å². The molecule has 14 atom stereocenters. The van der Waals surface area contributed by atoms with Gasteiger partial charge in [0.2, 0.25) is 5.79 Å². The van der Waals surface area contributed by atoms with Gasteiger partial charge in [-0.2, -0.15) is 0 Å². The maximum absolute atomic E-state index is 13.0. The van der Waals surface area contributed by atoms with Crippen LogP contribution in [0.4, 0.5) is 0 Å². The molecular weight excluding hydrogens is 912 g/mol. The summed E-state index contributed by atoms with van der Waals surface area (Å²) in [7, 11) is 0. The predicted octanol–water partition coefficient (Wildman–Crippen LogP) is -1.29. The standard InChI is InChI=1S/C40H54O27/c1-16(41)52-12-27-30(56-20(5)45)33(59-23(8)48)35(61-25(10)50)38(63-27)65-36-34(60-24(9)49)31(57-21(6)46)28(13-53-17(2)42)64-39(36)67-40(15-55-19(4)44)37(62-26(11)51)32(58-22(7)47)29(66-40)14-54-18(3)43/h27-39H,12-15H2,1-11H3/t27-,28-,29-,30+,31-,32-,33+,34+,35-,36-,37+,38+,39-,40+/m1/s1. The van der Waals surface area contributed by atoms with E-state index < -0.39 is 178 Å². The molecule has 0 radical (unpaired) electrons. The highest BCUT2D eigenvalue weighted by atomic mass is 16.8. The van der Waals surface area contributed by atoms with E-state index in [1.165, 1.54) is 0 Å². The summed E-state index contributed by atoms with van der Waals surface area (Å²) in [4.78, 5) is 137. The van der Waals surface area contributed by atoms with Crippen LogP contribution in [0, 0.1) is 0 Å². The molecule has 3 aliphatic heterocycles. The van der Waals surface area contributed by atoms with E-state index >= 15 is 0 Å². The van der Waals surface area contributed by atoms with Crippen LogP contribution in [0.25, 0.3) is 0 Å². The summed E-state index contributed by atoms with van der Waals surface area (Å²) in [6.07, 6.45) is -24.4. The van der Waals surface area contributed by atoms with E-state index in [1.807, 2.05) is 0 Å². The van der Waals surface area contributed by atoms with Crippen molar-refractivity contribution in [2.24, 2.45) is 0 Å². The average molecular weight is 967 g/mol. The van der Waals surface area contributed by atoms with Gasteiger partial charge in [0.15, 0.2) is 61.4 Å². The highest BCUT2D eigenvalue weighted by molar-refractivity contribution is 5.70. The van der Waals surface area contributed by atoms with Crippen LogP contribution in [-0.4, -0.2) is 178 Å². The lowest BCUT2D eigenvalue weighted by Gasteiger charge is -2.49. The molecule has 27 heteroatoms. The van der Waals surface area contributed by atoms with Gasteiger partial charge in [-0.1, -0.05) is 0 Å². The van der Waals surface area contributed by atoms with Crippen molar-refractivity contribution in [2.75, 3.05) is 26.4 Å². The number of hydrogen-bond donors (Lipinski definition) is 0. The molecule has 0 aliphatic carbocycles. The van der Waals surface area contributed by atoms with Crippen LogP contribution >= 0.6 is 0 Å². The Labute approximate surface area is 382 Å². The molecule has 3 rings (SSSR count). The fraction of sp³-hybridized carbons (Fsp3) is 0.725. The van der Waals surface area contributed by atoms with Crippen molar-refractivity contribution in [3.8, 4) is 0 Å².